The molecule has 3 rings (SSSR count). The quantitative estimate of drug-likeness (QED) is 0.470. The highest BCUT2D eigenvalue weighted by Gasteiger charge is 2.20. The maximum Gasteiger partial charge on any atom is 0.338 e. The lowest BCUT2D eigenvalue weighted by molar-refractivity contribution is -0.115. The smallest absolute Gasteiger partial charge is 0.338 e. The van der Waals surface area contributed by atoms with E-state index >= 15 is 0 Å². The monoisotopic (exact) mass is 440 g/mol. The van der Waals surface area contributed by atoms with Gasteiger partial charge in [-0.25, -0.2) is 9.78 Å². The molecule has 0 N–H and O–H groups in total. The SMILES string of the molecule is CCc1ccccc1N(C(C)=O)c1nc(COC(=O)c2cc(OC)cc(OC)c2)cs1. The maximum atomic E-state index is 12.5. The van der Waals surface area contributed by atoms with Gasteiger partial charge in [-0.1, -0.05) is 25.1 Å². The van der Waals surface area contributed by atoms with Crippen LogP contribution in [0.2, 0.25) is 0 Å². The fraction of sp³-hybridized carbons (Fsp3) is 0.261. The van der Waals surface area contributed by atoms with Gasteiger partial charge in [0.2, 0.25) is 5.91 Å². The number of aromatic nitrogens is 1. The molecule has 31 heavy (non-hydrogen) atoms. The lowest BCUT2D eigenvalue weighted by Crippen LogP contribution is -2.23. The van der Waals surface area contributed by atoms with Crippen molar-refractivity contribution in [2.75, 3.05) is 19.1 Å². The lowest BCUT2D eigenvalue weighted by atomic mass is 10.1. The van der Waals surface area contributed by atoms with Gasteiger partial charge in [0.05, 0.1) is 31.2 Å². The Morgan fingerprint density at radius 2 is 1.74 bits per heavy atom. The number of carbonyl (C=O) groups excluding carboxylic acids is 2. The molecule has 0 unspecified atom stereocenters. The van der Waals surface area contributed by atoms with Crippen LogP contribution in [0, 0.1) is 0 Å². The van der Waals surface area contributed by atoms with Gasteiger partial charge >= 0.3 is 5.97 Å². The Morgan fingerprint density at radius 1 is 1.06 bits per heavy atom. The molecular formula is C23H24N2O5S. The third kappa shape index (κ3) is 5.21. The van der Waals surface area contributed by atoms with E-state index in [1.807, 2.05) is 31.2 Å². The molecule has 162 valence electrons. The van der Waals surface area contributed by atoms with Gasteiger partial charge in [0, 0.05) is 18.4 Å². The Morgan fingerprint density at radius 3 is 2.35 bits per heavy atom. The molecule has 1 amide bonds. The third-order valence-electron chi connectivity index (χ3n) is 4.60. The van der Waals surface area contributed by atoms with Gasteiger partial charge in [-0.2, -0.15) is 0 Å². The van der Waals surface area contributed by atoms with E-state index in [2.05, 4.69) is 4.98 Å². The minimum atomic E-state index is -0.522. The van der Waals surface area contributed by atoms with E-state index in [4.69, 9.17) is 14.2 Å². The largest absolute Gasteiger partial charge is 0.497 e. The molecule has 3 aromatic rings. The van der Waals surface area contributed by atoms with Crippen molar-refractivity contribution in [3.05, 3.63) is 64.7 Å². The normalized spacial score (nSPS) is 10.5. The molecule has 0 radical (unpaired) electrons. The Bertz CT molecular complexity index is 1060. The first-order valence-corrected chi connectivity index (χ1v) is 10.6. The lowest BCUT2D eigenvalue weighted by Gasteiger charge is -2.20. The van der Waals surface area contributed by atoms with Crippen LogP contribution in [0.4, 0.5) is 10.8 Å². The van der Waals surface area contributed by atoms with E-state index in [-0.39, 0.29) is 12.5 Å². The van der Waals surface area contributed by atoms with Crippen molar-refractivity contribution in [2.24, 2.45) is 0 Å². The first-order valence-electron chi connectivity index (χ1n) is 9.70. The van der Waals surface area contributed by atoms with Gasteiger partial charge in [0.15, 0.2) is 5.13 Å². The number of ether oxygens (including phenoxy) is 3. The number of amides is 1. The number of hydrogen-bond acceptors (Lipinski definition) is 7. The van der Waals surface area contributed by atoms with Gasteiger partial charge in [0.25, 0.3) is 0 Å². The van der Waals surface area contributed by atoms with E-state index in [1.54, 1.807) is 28.5 Å². The number of anilines is 2. The summed E-state index contributed by atoms with van der Waals surface area (Å²) >= 11 is 1.32. The minimum absolute atomic E-state index is 0.0178. The van der Waals surface area contributed by atoms with Crippen LogP contribution in [0.1, 0.15) is 35.5 Å². The van der Waals surface area contributed by atoms with Gasteiger partial charge in [-0.3, -0.25) is 9.69 Å². The van der Waals surface area contributed by atoms with Crippen molar-refractivity contribution in [3.8, 4) is 11.5 Å². The molecule has 7 nitrogen and oxygen atoms in total. The zero-order valence-electron chi connectivity index (χ0n) is 17.9. The van der Waals surface area contributed by atoms with Crippen molar-refractivity contribution < 1.29 is 23.8 Å². The number of carbonyl (C=O) groups is 2. The number of hydrogen-bond donors (Lipinski definition) is 0. The molecular weight excluding hydrogens is 416 g/mol. The molecule has 0 saturated heterocycles. The van der Waals surface area contributed by atoms with Gasteiger partial charge in [-0.15, -0.1) is 11.3 Å². The summed E-state index contributed by atoms with van der Waals surface area (Å²) in [6, 6.07) is 12.6. The summed E-state index contributed by atoms with van der Waals surface area (Å²) in [5, 5.41) is 2.31. The van der Waals surface area contributed by atoms with Crippen LogP contribution < -0.4 is 14.4 Å². The molecule has 0 aliphatic carbocycles. The molecule has 0 aliphatic heterocycles. The molecule has 0 bridgehead atoms. The molecule has 8 heteroatoms. The van der Waals surface area contributed by atoms with Crippen LogP contribution in [0.3, 0.4) is 0 Å². The Labute approximate surface area is 185 Å². The second-order valence-electron chi connectivity index (χ2n) is 6.64. The number of thiazole rings is 1. The first kappa shape index (κ1) is 22.3. The molecule has 0 aliphatic rings. The van der Waals surface area contributed by atoms with Crippen LogP contribution in [0.5, 0.6) is 11.5 Å². The fourth-order valence-electron chi connectivity index (χ4n) is 3.05. The topological polar surface area (TPSA) is 78.0 Å². The number of rotatable bonds is 8. The number of para-hydroxylation sites is 1. The fourth-order valence-corrected chi connectivity index (χ4v) is 3.91. The number of nitrogens with zero attached hydrogens (tertiary/aromatic N) is 2. The second kappa shape index (κ2) is 10.1. The summed E-state index contributed by atoms with van der Waals surface area (Å²) < 4.78 is 15.8. The van der Waals surface area contributed by atoms with Gasteiger partial charge in [0.1, 0.15) is 18.1 Å². The number of benzene rings is 2. The van der Waals surface area contributed by atoms with E-state index in [0.717, 1.165) is 17.7 Å². The van der Waals surface area contributed by atoms with Crippen LogP contribution in [-0.4, -0.2) is 31.1 Å². The highest BCUT2D eigenvalue weighted by atomic mass is 32.1. The molecule has 1 aromatic heterocycles. The van der Waals surface area contributed by atoms with E-state index in [9.17, 15) is 9.59 Å². The predicted molar refractivity (Wildman–Crippen MR) is 119 cm³/mol. The van der Waals surface area contributed by atoms with Crippen molar-refractivity contribution in [1.29, 1.82) is 0 Å². The van der Waals surface area contributed by atoms with E-state index < -0.39 is 5.97 Å². The summed E-state index contributed by atoms with van der Waals surface area (Å²) in [6.45, 7) is 3.52. The molecule has 0 atom stereocenters. The second-order valence-corrected chi connectivity index (χ2v) is 7.47. The zero-order valence-corrected chi connectivity index (χ0v) is 18.7. The molecule has 2 aromatic carbocycles. The standard InChI is InChI=1S/C23H24N2O5S/c1-5-16-8-6-7-9-21(16)25(15(2)26)23-24-18(14-31-23)13-30-22(27)17-10-19(28-3)12-20(11-17)29-4/h6-12,14H,5,13H2,1-4H3. The van der Waals surface area contributed by atoms with Crippen molar-refractivity contribution in [2.45, 2.75) is 26.9 Å². The molecule has 0 spiro atoms. The molecule has 0 fully saturated rings. The van der Waals surface area contributed by atoms with Crippen molar-refractivity contribution in [3.63, 3.8) is 0 Å². The van der Waals surface area contributed by atoms with Gasteiger partial charge in [-0.05, 0) is 30.2 Å². The van der Waals surface area contributed by atoms with Crippen molar-refractivity contribution >= 4 is 34.0 Å². The van der Waals surface area contributed by atoms with Crippen LogP contribution in [0.25, 0.3) is 0 Å². The average Bonchev–Trinajstić information content (AvgIpc) is 3.25. The van der Waals surface area contributed by atoms with E-state index in [1.165, 1.54) is 32.5 Å². The van der Waals surface area contributed by atoms with Crippen molar-refractivity contribution in [1.82, 2.24) is 4.98 Å². The average molecular weight is 441 g/mol. The highest BCUT2D eigenvalue weighted by Crippen LogP contribution is 2.32. The molecule has 0 saturated carbocycles. The van der Waals surface area contributed by atoms with E-state index in [0.29, 0.717) is 27.9 Å². The number of methoxy groups -OCH3 is 2. The molecule has 1 heterocycles. The predicted octanol–water partition coefficient (Wildman–Crippen LogP) is 4.76. The Kier molecular flexibility index (Phi) is 7.25. The summed E-state index contributed by atoms with van der Waals surface area (Å²) in [5.74, 6) is 0.330. The summed E-state index contributed by atoms with van der Waals surface area (Å²) in [4.78, 5) is 31.0. The number of aryl methyl sites for hydroxylation is 1. The Hall–Kier alpha value is -3.39. The zero-order chi connectivity index (χ0) is 22.4. The first-order chi connectivity index (χ1) is 15.0. The van der Waals surface area contributed by atoms with Gasteiger partial charge < -0.3 is 14.2 Å². The summed E-state index contributed by atoms with van der Waals surface area (Å²) in [6.07, 6.45) is 0.791. The van der Waals surface area contributed by atoms with Crippen LogP contribution in [-0.2, 0) is 22.6 Å². The Balaban J connectivity index is 1.76. The third-order valence-corrected chi connectivity index (χ3v) is 5.47. The van der Waals surface area contributed by atoms with Crippen LogP contribution >= 0.6 is 11.3 Å². The van der Waals surface area contributed by atoms with Crippen LogP contribution in [0.15, 0.2) is 47.8 Å². The summed E-state index contributed by atoms with van der Waals surface area (Å²) in [7, 11) is 3.02. The summed E-state index contributed by atoms with van der Waals surface area (Å²) in [5.41, 5.74) is 2.73. The maximum absolute atomic E-state index is 12.5. The highest BCUT2D eigenvalue weighted by molar-refractivity contribution is 7.14. The minimum Gasteiger partial charge on any atom is -0.497 e. The number of esters is 1.